The Hall–Kier alpha value is -1.94. The maximum Gasteiger partial charge on any atom is 0.122 e. The Bertz CT molecular complexity index is 708. The monoisotopic (exact) mass is 331 g/mol. The molecule has 0 aliphatic heterocycles. The van der Waals surface area contributed by atoms with Gasteiger partial charge < -0.3 is 14.5 Å². The highest BCUT2D eigenvalue weighted by Crippen LogP contribution is 2.20. The van der Waals surface area contributed by atoms with Crippen LogP contribution in [0.1, 0.15) is 0 Å². The molecule has 0 amide bonds. The smallest absolute Gasteiger partial charge is 0.122 e. The van der Waals surface area contributed by atoms with Crippen LogP contribution in [-0.2, 0) is 0 Å². The van der Waals surface area contributed by atoms with Gasteiger partial charge in [-0.05, 0) is 42.5 Å². The van der Waals surface area contributed by atoms with E-state index >= 15 is 0 Å². The first-order chi connectivity index (χ1) is 9.81. The van der Waals surface area contributed by atoms with Crippen molar-refractivity contribution >= 4 is 26.8 Å². The second kappa shape index (κ2) is 6.01. The van der Waals surface area contributed by atoms with Crippen LogP contribution in [0.4, 0.5) is 0 Å². The van der Waals surface area contributed by atoms with Gasteiger partial charge in [-0.15, -0.1) is 0 Å². The highest BCUT2D eigenvalue weighted by Gasteiger charge is 1.99. The van der Waals surface area contributed by atoms with E-state index in [2.05, 4.69) is 20.9 Å². The zero-order valence-corrected chi connectivity index (χ0v) is 12.4. The van der Waals surface area contributed by atoms with Crippen LogP contribution in [0.3, 0.4) is 0 Å². The van der Waals surface area contributed by atoms with Gasteiger partial charge in [0.15, 0.2) is 0 Å². The van der Waals surface area contributed by atoms with E-state index in [0.29, 0.717) is 13.2 Å². The predicted octanol–water partition coefficient (Wildman–Crippen LogP) is 4.39. The number of nitrogens with one attached hydrogen (secondary N) is 1. The van der Waals surface area contributed by atoms with E-state index in [1.54, 1.807) is 0 Å². The van der Waals surface area contributed by atoms with Crippen LogP contribution >= 0.6 is 15.9 Å². The Morgan fingerprint density at radius 1 is 0.900 bits per heavy atom. The number of fused-ring (bicyclic) bond motifs is 1. The Labute approximate surface area is 125 Å². The summed E-state index contributed by atoms with van der Waals surface area (Å²) in [5, 5.41) is 1.15. The zero-order valence-electron chi connectivity index (χ0n) is 10.8. The summed E-state index contributed by atoms with van der Waals surface area (Å²) in [5.41, 5.74) is 1.11. The molecule has 20 heavy (non-hydrogen) atoms. The van der Waals surface area contributed by atoms with Gasteiger partial charge in [0.25, 0.3) is 0 Å². The summed E-state index contributed by atoms with van der Waals surface area (Å²) in [7, 11) is 0. The molecule has 1 aromatic heterocycles. The second-order valence-electron chi connectivity index (χ2n) is 4.38. The number of benzene rings is 2. The van der Waals surface area contributed by atoms with Gasteiger partial charge in [0, 0.05) is 21.6 Å². The SMILES string of the molecule is Brc1cccc(OCCOc2ccc3[nH]ccc3c2)c1. The van der Waals surface area contributed by atoms with Crippen molar-refractivity contribution in [2.75, 3.05) is 13.2 Å². The van der Waals surface area contributed by atoms with Crippen LogP contribution in [0.15, 0.2) is 59.2 Å². The number of aromatic nitrogens is 1. The van der Waals surface area contributed by atoms with Gasteiger partial charge in [0.2, 0.25) is 0 Å². The number of hydrogen-bond donors (Lipinski definition) is 1. The van der Waals surface area contributed by atoms with E-state index in [1.807, 2.05) is 54.7 Å². The summed E-state index contributed by atoms with van der Waals surface area (Å²) in [5.74, 6) is 1.69. The summed E-state index contributed by atoms with van der Waals surface area (Å²) in [6.45, 7) is 1.03. The highest BCUT2D eigenvalue weighted by molar-refractivity contribution is 9.10. The van der Waals surface area contributed by atoms with Crippen molar-refractivity contribution in [1.29, 1.82) is 0 Å². The molecule has 3 rings (SSSR count). The molecule has 0 saturated heterocycles. The Kier molecular flexibility index (Phi) is 3.92. The maximum atomic E-state index is 5.68. The second-order valence-corrected chi connectivity index (χ2v) is 5.30. The summed E-state index contributed by atoms with van der Waals surface area (Å²) < 4.78 is 12.3. The summed E-state index contributed by atoms with van der Waals surface area (Å²) in [6, 6.07) is 15.8. The molecule has 0 aliphatic carbocycles. The van der Waals surface area contributed by atoms with E-state index in [0.717, 1.165) is 26.9 Å². The molecule has 0 fully saturated rings. The van der Waals surface area contributed by atoms with Crippen LogP contribution in [0.5, 0.6) is 11.5 Å². The zero-order chi connectivity index (χ0) is 13.8. The average Bonchev–Trinajstić information content (AvgIpc) is 2.91. The molecule has 4 heteroatoms. The molecular formula is C16H14BrNO2. The van der Waals surface area contributed by atoms with E-state index in [1.165, 1.54) is 0 Å². The van der Waals surface area contributed by atoms with Gasteiger partial charge in [-0.3, -0.25) is 0 Å². The van der Waals surface area contributed by atoms with E-state index < -0.39 is 0 Å². The molecule has 102 valence electrons. The number of aromatic amines is 1. The van der Waals surface area contributed by atoms with Gasteiger partial charge in [0.05, 0.1) is 0 Å². The fourth-order valence-corrected chi connectivity index (χ4v) is 2.38. The van der Waals surface area contributed by atoms with Crippen LogP contribution < -0.4 is 9.47 Å². The van der Waals surface area contributed by atoms with Crippen molar-refractivity contribution in [1.82, 2.24) is 4.98 Å². The third kappa shape index (κ3) is 3.14. The Morgan fingerprint density at radius 2 is 1.70 bits per heavy atom. The molecule has 1 heterocycles. The normalized spacial score (nSPS) is 10.7. The topological polar surface area (TPSA) is 34.2 Å². The van der Waals surface area contributed by atoms with E-state index in [-0.39, 0.29) is 0 Å². The third-order valence-electron chi connectivity index (χ3n) is 2.94. The first-order valence-corrected chi connectivity index (χ1v) is 7.19. The molecule has 3 aromatic rings. The summed E-state index contributed by atoms with van der Waals surface area (Å²) >= 11 is 3.41. The number of ether oxygens (including phenoxy) is 2. The Balaban J connectivity index is 1.52. The molecule has 0 bridgehead atoms. The van der Waals surface area contributed by atoms with Crippen LogP contribution in [-0.4, -0.2) is 18.2 Å². The number of hydrogen-bond acceptors (Lipinski definition) is 2. The van der Waals surface area contributed by atoms with Gasteiger partial charge in [-0.2, -0.15) is 0 Å². The van der Waals surface area contributed by atoms with Gasteiger partial charge >= 0.3 is 0 Å². The molecule has 0 aliphatic rings. The predicted molar refractivity (Wildman–Crippen MR) is 83.4 cm³/mol. The molecule has 0 radical (unpaired) electrons. The first-order valence-electron chi connectivity index (χ1n) is 6.39. The highest BCUT2D eigenvalue weighted by atomic mass is 79.9. The van der Waals surface area contributed by atoms with Crippen LogP contribution in [0, 0.1) is 0 Å². The minimum Gasteiger partial charge on any atom is -0.490 e. The molecule has 1 N–H and O–H groups in total. The lowest BCUT2D eigenvalue weighted by Gasteiger charge is -2.08. The largest absolute Gasteiger partial charge is 0.490 e. The quantitative estimate of drug-likeness (QED) is 0.703. The molecule has 0 spiro atoms. The Morgan fingerprint density at radius 3 is 2.50 bits per heavy atom. The molecule has 0 unspecified atom stereocenters. The van der Waals surface area contributed by atoms with Crippen LogP contribution in [0.25, 0.3) is 10.9 Å². The first kappa shape index (κ1) is 13.1. The van der Waals surface area contributed by atoms with Crippen molar-refractivity contribution in [3.63, 3.8) is 0 Å². The summed E-state index contributed by atoms with van der Waals surface area (Å²) in [6.07, 6.45) is 1.92. The van der Waals surface area contributed by atoms with Crippen molar-refractivity contribution < 1.29 is 9.47 Å². The van der Waals surface area contributed by atoms with Gasteiger partial charge in [-0.25, -0.2) is 0 Å². The minimum absolute atomic E-state index is 0.516. The molecular weight excluding hydrogens is 318 g/mol. The molecule has 2 aromatic carbocycles. The fraction of sp³-hybridized carbons (Fsp3) is 0.125. The summed E-state index contributed by atoms with van der Waals surface area (Å²) in [4.78, 5) is 3.16. The van der Waals surface area contributed by atoms with E-state index in [4.69, 9.17) is 9.47 Å². The van der Waals surface area contributed by atoms with Crippen molar-refractivity contribution in [2.45, 2.75) is 0 Å². The van der Waals surface area contributed by atoms with Crippen molar-refractivity contribution in [2.24, 2.45) is 0 Å². The van der Waals surface area contributed by atoms with Crippen LogP contribution in [0.2, 0.25) is 0 Å². The third-order valence-corrected chi connectivity index (χ3v) is 3.43. The standard InChI is InChI=1S/C16H14BrNO2/c17-13-2-1-3-14(11-13)19-8-9-20-15-4-5-16-12(10-15)6-7-18-16/h1-7,10-11,18H,8-9H2. The molecule has 0 atom stereocenters. The number of H-pyrrole nitrogens is 1. The average molecular weight is 332 g/mol. The van der Waals surface area contributed by atoms with Gasteiger partial charge in [-0.1, -0.05) is 22.0 Å². The lowest BCUT2D eigenvalue weighted by Crippen LogP contribution is -2.08. The molecule has 3 nitrogen and oxygen atoms in total. The fourth-order valence-electron chi connectivity index (χ4n) is 2.00. The van der Waals surface area contributed by atoms with Crippen molar-refractivity contribution in [3.05, 3.63) is 59.2 Å². The molecule has 0 saturated carbocycles. The number of rotatable bonds is 5. The minimum atomic E-state index is 0.516. The number of halogens is 1. The van der Waals surface area contributed by atoms with Crippen molar-refractivity contribution in [3.8, 4) is 11.5 Å². The maximum absolute atomic E-state index is 5.68. The lowest BCUT2D eigenvalue weighted by molar-refractivity contribution is 0.217. The lowest BCUT2D eigenvalue weighted by atomic mass is 10.2. The van der Waals surface area contributed by atoms with E-state index in [9.17, 15) is 0 Å². The van der Waals surface area contributed by atoms with Gasteiger partial charge in [0.1, 0.15) is 24.7 Å².